The van der Waals surface area contributed by atoms with Crippen LogP contribution in [0.1, 0.15) is 65.2 Å². The highest BCUT2D eigenvalue weighted by Crippen LogP contribution is 2.34. The Morgan fingerprint density at radius 3 is 2.62 bits per heavy atom. The molecule has 0 aromatic carbocycles. The van der Waals surface area contributed by atoms with Gasteiger partial charge in [0, 0.05) is 36.5 Å². The van der Waals surface area contributed by atoms with E-state index in [1.54, 1.807) is 0 Å². The van der Waals surface area contributed by atoms with Gasteiger partial charge in [-0.3, -0.25) is 4.90 Å². The van der Waals surface area contributed by atoms with Gasteiger partial charge in [-0.2, -0.15) is 11.8 Å². The van der Waals surface area contributed by atoms with Crippen molar-refractivity contribution >= 4 is 11.8 Å². The predicted molar refractivity (Wildman–Crippen MR) is 94.1 cm³/mol. The molecule has 3 fully saturated rings. The number of thioether (sulfide) groups is 1. The Morgan fingerprint density at radius 1 is 1.14 bits per heavy atom. The fourth-order valence-corrected chi connectivity index (χ4v) is 5.98. The molecule has 3 aliphatic rings. The van der Waals surface area contributed by atoms with Crippen molar-refractivity contribution in [2.75, 3.05) is 25.4 Å². The summed E-state index contributed by atoms with van der Waals surface area (Å²) in [6.07, 6.45) is 11.5. The van der Waals surface area contributed by atoms with E-state index in [9.17, 15) is 0 Å². The topological polar surface area (TPSA) is 15.3 Å². The molecule has 3 heteroatoms. The van der Waals surface area contributed by atoms with Crippen LogP contribution in [-0.4, -0.2) is 47.1 Å². The summed E-state index contributed by atoms with van der Waals surface area (Å²) in [5.41, 5.74) is 0.461. The summed E-state index contributed by atoms with van der Waals surface area (Å²) in [6.45, 7) is 8.69. The molecule has 2 aliphatic heterocycles. The quantitative estimate of drug-likeness (QED) is 0.851. The zero-order valence-electron chi connectivity index (χ0n) is 14.1. The molecule has 2 nitrogen and oxygen atoms in total. The first-order valence-electron chi connectivity index (χ1n) is 9.29. The van der Waals surface area contributed by atoms with E-state index >= 15 is 0 Å². The first-order valence-corrected chi connectivity index (χ1v) is 10.3. The minimum Gasteiger partial charge on any atom is -0.308 e. The van der Waals surface area contributed by atoms with Gasteiger partial charge in [-0.1, -0.05) is 39.5 Å². The van der Waals surface area contributed by atoms with Crippen LogP contribution < -0.4 is 5.32 Å². The second-order valence-electron chi connectivity index (χ2n) is 7.95. The number of hydrogen-bond acceptors (Lipinski definition) is 3. The molecule has 2 heterocycles. The van der Waals surface area contributed by atoms with E-state index < -0.39 is 0 Å². The monoisotopic (exact) mass is 310 g/mol. The molecule has 1 N–H and O–H groups in total. The average molecular weight is 311 g/mol. The van der Waals surface area contributed by atoms with Crippen LogP contribution in [0.5, 0.6) is 0 Å². The Hall–Kier alpha value is 0.270. The second kappa shape index (κ2) is 7.23. The average Bonchev–Trinajstić information content (AvgIpc) is 2.49. The Balaban J connectivity index is 1.65. The van der Waals surface area contributed by atoms with Gasteiger partial charge in [0.05, 0.1) is 0 Å². The zero-order chi connectivity index (χ0) is 14.7. The van der Waals surface area contributed by atoms with Gasteiger partial charge < -0.3 is 5.32 Å². The Labute approximate surface area is 135 Å². The molecule has 1 saturated carbocycles. The van der Waals surface area contributed by atoms with Crippen LogP contribution in [0.3, 0.4) is 0 Å². The van der Waals surface area contributed by atoms with E-state index in [1.807, 2.05) is 0 Å². The smallest absolute Gasteiger partial charge is 0.0309 e. The highest BCUT2D eigenvalue weighted by Gasteiger charge is 2.41. The molecule has 0 aromatic heterocycles. The van der Waals surface area contributed by atoms with E-state index in [-0.39, 0.29) is 0 Å². The van der Waals surface area contributed by atoms with E-state index in [0.717, 1.165) is 17.2 Å². The van der Waals surface area contributed by atoms with E-state index in [1.165, 1.54) is 76.8 Å². The fraction of sp³-hybridized carbons (Fsp3) is 1.00. The van der Waals surface area contributed by atoms with E-state index in [4.69, 9.17) is 0 Å². The molecule has 2 saturated heterocycles. The normalized spacial score (nSPS) is 34.4. The molecular weight excluding hydrogens is 276 g/mol. The molecule has 0 radical (unpaired) electrons. The van der Waals surface area contributed by atoms with Crippen molar-refractivity contribution < 1.29 is 0 Å². The largest absolute Gasteiger partial charge is 0.308 e. The van der Waals surface area contributed by atoms with Crippen LogP contribution in [0.25, 0.3) is 0 Å². The summed E-state index contributed by atoms with van der Waals surface area (Å²) in [7, 11) is 0. The first-order chi connectivity index (χ1) is 10.2. The summed E-state index contributed by atoms with van der Waals surface area (Å²) in [5, 5.41) is 4.89. The van der Waals surface area contributed by atoms with Gasteiger partial charge in [0.15, 0.2) is 0 Å². The summed E-state index contributed by atoms with van der Waals surface area (Å²) >= 11 is 2.24. The zero-order valence-corrected chi connectivity index (χ0v) is 14.9. The van der Waals surface area contributed by atoms with Gasteiger partial charge in [0.2, 0.25) is 0 Å². The molecule has 21 heavy (non-hydrogen) atoms. The van der Waals surface area contributed by atoms with Crippen molar-refractivity contribution in [3.8, 4) is 0 Å². The predicted octanol–water partition coefficient (Wildman–Crippen LogP) is 3.90. The fourth-order valence-electron chi connectivity index (χ4n) is 4.65. The maximum atomic E-state index is 3.98. The maximum absolute atomic E-state index is 3.98. The third-order valence-electron chi connectivity index (χ3n) is 5.95. The van der Waals surface area contributed by atoms with Crippen LogP contribution in [0.4, 0.5) is 0 Å². The number of hydrogen-bond donors (Lipinski definition) is 1. The minimum absolute atomic E-state index is 0.461. The Kier molecular flexibility index (Phi) is 5.55. The lowest BCUT2D eigenvalue weighted by molar-refractivity contribution is 0.0363. The van der Waals surface area contributed by atoms with Crippen molar-refractivity contribution in [3.63, 3.8) is 0 Å². The summed E-state index contributed by atoms with van der Waals surface area (Å²) in [6, 6.07) is 0.750. The van der Waals surface area contributed by atoms with Crippen molar-refractivity contribution in [3.05, 3.63) is 0 Å². The molecule has 3 rings (SSSR count). The molecule has 0 aromatic rings. The van der Waals surface area contributed by atoms with Crippen LogP contribution in [0.2, 0.25) is 0 Å². The Morgan fingerprint density at radius 2 is 1.95 bits per heavy atom. The molecule has 2 atom stereocenters. The van der Waals surface area contributed by atoms with Crippen molar-refractivity contribution in [2.45, 2.75) is 82.0 Å². The summed E-state index contributed by atoms with van der Waals surface area (Å²) in [5.74, 6) is 2.17. The van der Waals surface area contributed by atoms with Gasteiger partial charge in [-0.25, -0.2) is 0 Å². The standard InChI is InChI=1S/C18H34N2S/c1-15(2)17-12-19-18(9-5-3-6-10-18)14-20(17)13-16-8-4-7-11-21-16/h15-17,19H,3-14H2,1-2H3. The Bertz CT molecular complexity index is 319. The summed E-state index contributed by atoms with van der Waals surface area (Å²) < 4.78 is 0. The summed E-state index contributed by atoms with van der Waals surface area (Å²) in [4.78, 5) is 2.88. The van der Waals surface area contributed by atoms with Crippen LogP contribution in [0, 0.1) is 5.92 Å². The SMILES string of the molecule is CC(C)C1CNC2(CCCCC2)CN1CC1CCCCS1. The maximum Gasteiger partial charge on any atom is 0.0309 e. The second-order valence-corrected chi connectivity index (χ2v) is 9.36. The molecular formula is C18H34N2S. The molecule has 2 unspecified atom stereocenters. The van der Waals surface area contributed by atoms with Crippen molar-refractivity contribution in [1.29, 1.82) is 0 Å². The number of nitrogens with zero attached hydrogens (tertiary/aromatic N) is 1. The minimum atomic E-state index is 0.461. The molecule has 1 spiro atoms. The molecule has 1 aliphatic carbocycles. The lowest BCUT2D eigenvalue weighted by atomic mass is 9.78. The van der Waals surface area contributed by atoms with Crippen LogP contribution >= 0.6 is 11.8 Å². The highest BCUT2D eigenvalue weighted by molar-refractivity contribution is 7.99. The lowest BCUT2D eigenvalue weighted by Crippen LogP contribution is -2.66. The van der Waals surface area contributed by atoms with Crippen LogP contribution in [0.15, 0.2) is 0 Å². The molecule has 0 amide bonds. The third-order valence-corrected chi connectivity index (χ3v) is 7.33. The van der Waals surface area contributed by atoms with Gasteiger partial charge in [-0.05, 0) is 37.4 Å². The number of rotatable bonds is 3. The third kappa shape index (κ3) is 3.97. The molecule has 122 valence electrons. The van der Waals surface area contributed by atoms with Gasteiger partial charge in [0.25, 0.3) is 0 Å². The lowest BCUT2D eigenvalue weighted by Gasteiger charge is -2.51. The van der Waals surface area contributed by atoms with Crippen LogP contribution in [-0.2, 0) is 0 Å². The van der Waals surface area contributed by atoms with Gasteiger partial charge in [0.1, 0.15) is 0 Å². The number of piperazine rings is 1. The van der Waals surface area contributed by atoms with Gasteiger partial charge in [-0.15, -0.1) is 0 Å². The first kappa shape index (κ1) is 16.1. The van der Waals surface area contributed by atoms with Gasteiger partial charge >= 0.3 is 0 Å². The van der Waals surface area contributed by atoms with E-state index in [2.05, 4.69) is 35.8 Å². The number of nitrogens with one attached hydrogen (secondary N) is 1. The van der Waals surface area contributed by atoms with Crippen molar-refractivity contribution in [1.82, 2.24) is 10.2 Å². The highest BCUT2D eigenvalue weighted by atomic mass is 32.2. The van der Waals surface area contributed by atoms with E-state index in [0.29, 0.717) is 5.54 Å². The van der Waals surface area contributed by atoms with Crippen molar-refractivity contribution in [2.24, 2.45) is 5.92 Å². The molecule has 0 bridgehead atoms.